The molecule has 5 heteroatoms. The lowest BCUT2D eigenvalue weighted by atomic mass is 10.1. The fraction of sp³-hybridized carbons (Fsp3) is 0.250. The summed E-state index contributed by atoms with van der Waals surface area (Å²) in [5.41, 5.74) is 1.17. The van der Waals surface area contributed by atoms with Crippen molar-refractivity contribution in [1.82, 2.24) is 5.32 Å². The quantitative estimate of drug-likeness (QED) is 0.739. The molecule has 2 aromatic rings. The van der Waals surface area contributed by atoms with Crippen LogP contribution in [-0.4, -0.2) is 6.54 Å². The van der Waals surface area contributed by atoms with E-state index >= 15 is 0 Å². The maximum absolute atomic E-state index is 13.2. The molecule has 1 nitrogen and oxygen atoms in total. The zero-order chi connectivity index (χ0) is 15.4. The molecule has 1 atom stereocenters. The van der Waals surface area contributed by atoms with Crippen molar-refractivity contribution in [3.63, 3.8) is 0 Å². The minimum atomic E-state index is -0.824. The van der Waals surface area contributed by atoms with Crippen LogP contribution < -0.4 is 5.32 Å². The first-order valence-corrected chi connectivity index (χ1v) is 8.28. The van der Waals surface area contributed by atoms with E-state index in [4.69, 9.17) is 0 Å². The fourth-order valence-electron chi connectivity index (χ4n) is 2.02. The molecule has 21 heavy (non-hydrogen) atoms. The average molecular weight is 372 g/mol. The first-order chi connectivity index (χ1) is 10.0. The van der Waals surface area contributed by atoms with Crippen LogP contribution in [0.1, 0.15) is 25.5 Å². The third-order valence-corrected chi connectivity index (χ3v) is 4.74. The summed E-state index contributed by atoms with van der Waals surface area (Å²) < 4.78 is 27.1. The third kappa shape index (κ3) is 4.28. The predicted molar refractivity (Wildman–Crippen MR) is 86.7 cm³/mol. The number of nitrogens with one attached hydrogen (secondary N) is 1. The summed E-state index contributed by atoms with van der Waals surface area (Å²) in [6, 6.07) is 10.2. The Hall–Kier alpha value is -0.910. The highest BCUT2D eigenvalue weighted by atomic mass is 79.9. The van der Waals surface area contributed by atoms with Crippen molar-refractivity contribution in [3.05, 3.63) is 58.1 Å². The molecule has 0 aliphatic carbocycles. The second-order valence-corrected chi connectivity index (χ2v) is 6.64. The number of rotatable bonds is 5. The SMILES string of the molecule is CCNC(C)c1ccc(Sc2ccc(F)c(F)c2)cc1Br. The summed E-state index contributed by atoms with van der Waals surface area (Å²) >= 11 is 4.97. The van der Waals surface area contributed by atoms with Crippen molar-refractivity contribution in [2.45, 2.75) is 29.7 Å². The van der Waals surface area contributed by atoms with Crippen LogP contribution in [0.2, 0.25) is 0 Å². The Kier molecular flexibility index (Phi) is 5.79. The van der Waals surface area contributed by atoms with Gasteiger partial charge in [-0.15, -0.1) is 0 Å². The molecule has 1 N–H and O–H groups in total. The number of halogens is 3. The van der Waals surface area contributed by atoms with Crippen molar-refractivity contribution in [2.75, 3.05) is 6.54 Å². The van der Waals surface area contributed by atoms with Crippen molar-refractivity contribution in [3.8, 4) is 0 Å². The highest BCUT2D eigenvalue weighted by molar-refractivity contribution is 9.10. The molecule has 0 amide bonds. The molecule has 0 bridgehead atoms. The Morgan fingerprint density at radius 2 is 1.76 bits per heavy atom. The van der Waals surface area contributed by atoms with Crippen LogP contribution in [0.3, 0.4) is 0 Å². The molecule has 112 valence electrons. The highest BCUT2D eigenvalue weighted by Gasteiger charge is 2.10. The Balaban J connectivity index is 2.18. The van der Waals surface area contributed by atoms with Gasteiger partial charge in [0.25, 0.3) is 0 Å². The summed E-state index contributed by atoms with van der Waals surface area (Å²) in [5, 5.41) is 3.36. The van der Waals surface area contributed by atoms with E-state index in [0.29, 0.717) is 4.90 Å². The van der Waals surface area contributed by atoms with Crippen LogP contribution in [0, 0.1) is 11.6 Å². The Morgan fingerprint density at radius 1 is 1.10 bits per heavy atom. The number of hydrogen-bond donors (Lipinski definition) is 1. The van der Waals surface area contributed by atoms with Gasteiger partial charge < -0.3 is 5.32 Å². The smallest absolute Gasteiger partial charge is 0.159 e. The second-order valence-electron chi connectivity index (χ2n) is 4.64. The lowest BCUT2D eigenvalue weighted by Gasteiger charge is -2.15. The molecule has 2 rings (SSSR count). The molecule has 0 aromatic heterocycles. The average Bonchev–Trinajstić information content (AvgIpc) is 2.43. The molecule has 0 radical (unpaired) electrons. The van der Waals surface area contributed by atoms with Gasteiger partial charge in [0.1, 0.15) is 0 Å². The molecule has 0 aliphatic heterocycles. The molecule has 0 saturated heterocycles. The van der Waals surface area contributed by atoms with Gasteiger partial charge in [-0.2, -0.15) is 0 Å². The Labute approximate surface area is 136 Å². The van der Waals surface area contributed by atoms with Crippen molar-refractivity contribution in [2.24, 2.45) is 0 Å². The molecular weight excluding hydrogens is 356 g/mol. The second kappa shape index (κ2) is 7.38. The molecule has 1 unspecified atom stereocenters. The lowest BCUT2D eigenvalue weighted by Crippen LogP contribution is -2.17. The van der Waals surface area contributed by atoms with E-state index in [-0.39, 0.29) is 6.04 Å². The van der Waals surface area contributed by atoms with Gasteiger partial charge in [0.15, 0.2) is 11.6 Å². The number of hydrogen-bond acceptors (Lipinski definition) is 2. The monoisotopic (exact) mass is 371 g/mol. The fourth-order valence-corrected chi connectivity index (χ4v) is 3.77. The van der Waals surface area contributed by atoms with Crippen LogP contribution in [-0.2, 0) is 0 Å². The molecule has 0 fully saturated rings. The number of benzene rings is 2. The van der Waals surface area contributed by atoms with Crippen molar-refractivity contribution >= 4 is 27.7 Å². The summed E-state index contributed by atoms with van der Waals surface area (Å²) in [6.07, 6.45) is 0. The van der Waals surface area contributed by atoms with Gasteiger partial charge in [-0.25, -0.2) is 8.78 Å². The van der Waals surface area contributed by atoms with E-state index in [2.05, 4.69) is 35.1 Å². The van der Waals surface area contributed by atoms with E-state index in [1.165, 1.54) is 23.4 Å². The van der Waals surface area contributed by atoms with Crippen LogP contribution in [0.25, 0.3) is 0 Å². The van der Waals surface area contributed by atoms with E-state index in [9.17, 15) is 8.78 Å². The molecular formula is C16H16BrF2NS. The zero-order valence-electron chi connectivity index (χ0n) is 11.8. The van der Waals surface area contributed by atoms with E-state index in [0.717, 1.165) is 22.0 Å². The highest BCUT2D eigenvalue weighted by Crippen LogP contribution is 2.33. The van der Waals surface area contributed by atoms with Crippen LogP contribution in [0.4, 0.5) is 8.78 Å². The van der Waals surface area contributed by atoms with Gasteiger partial charge in [0, 0.05) is 20.3 Å². The van der Waals surface area contributed by atoms with E-state index in [1.807, 2.05) is 18.2 Å². The summed E-state index contributed by atoms with van der Waals surface area (Å²) in [6.45, 7) is 5.07. The maximum atomic E-state index is 13.2. The van der Waals surface area contributed by atoms with Gasteiger partial charge >= 0.3 is 0 Å². The largest absolute Gasteiger partial charge is 0.310 e. The minimum absolute atomic E-state index is 0.256. The van der Waals surface area contributed by atoms with Crippen molar-refractivity contribution in [1.29, 1.82) is 0 Å². The Bertz CT molecular complexity index is 634. The maximum Gasteiger partial charge on any atom is 0.159 e. The zero-order valence-corrected chi connectivity index (χ0v) is 14.2. The van der Waals surface area contributed by atoms with E-state index < -0.39 is 11.6 Å². The van der Waals surface area contributed by atoms with Crippen molar-refractivity contribution < 1.29 is 8.78 Å². The van der Waals surface area contributed by atoms with Gasteiger partial charge in [-0.3, -0.25) is 0 Å². The normalized spacial score (nSPS) is 12.4. The van der Waals surface area contributed by atoms with Gasteiger partial charge in [0.2, 0.25) is 0 Å². The topological polar surface area (TPSA) is 12.0 Å². The van der Waals surface area contributed by atoms with Crippen LogP contribution in [0.15, 0.2) is 50.7 Å². The summed E-state index contributed by atoms with van der Waals surface area (Å²) in [7, 11) is 0. The first kappa shape index (κ1) is 16.5. The van der Waals surface area contributed by atoms with Gasteiger partial charge in [-0.1, -0.05) is 40.7 Å². The first-order valence-electron chi connectivity index (χ1n) is 6.67. The Morgan fingerprint density at radius 3 is 2.38 bits per heavy atom. The third-order valence-electron chi connectivity index (χ3n) is 3.08. The van der Waals surface area contributed by atoms with Gasteiger partial charge in [0.05, 0.1) is 0 Å². The van der Waals surface area contributed by atoms with Crippen LogP contribution in [0.5, 0.6) is 0 Å². The molecule has 0 aliphatic rings. The minimum Gasteiger partial charge on any atom is -0.310 e. The van der Waals surface area contributed by atoms with E-state index in [1.54, 1.807) is 6.07 Å². The summed E-state index contributed by atoms with van der Waals surface area (Å²) in [4.78, 5) is 1.65. The molecule has 2 aromatic carbocycles. The standard InChI is InChI=1S/C16H16BrF2NS/c1-3-20-10(2)13-6-4-11(8-14(13)17)21-12-5-7-15(18)16(19)9-12/h4-10,20H,3H2,1-2H3. The molecule has 0 heterocycles. The summed E-state index contributed by atoms with van der Waals surface area (Å²) in [5.74, 6) is -1.65. The lowest BCUT2D eigenvalue weighted by molar-refractivity contribution is 0.506. The molecule has 0 spiro atoms. The molecule has 0 saturated carbocycles. The van der Waals surface area contributed by atoms with Crippen LogP contribution >= 0.6 is 27.7 Å². The van der Waals surface area contributed by atoms with Gasteiger partial charge in [-0.05, 0) is 49.4 Å². The predicted octanol–water partition coefficient (Wildman–Crippen LogP) is 5.55.